The Balaban J connectivity index is 1.70. The number of aliphatic hydroxyl groups is 1. The predicted molar refractivity (Wildman–Crippen MR) is 160 cm³/mol. The molecule has 1 aromatic heterocycles. The zero-order valence-corrected chi connectivity index (χ0v) is 23.9. The van der Waals surface area contributed by atoms with Gasteiger partial charge >= 0.3 is 5.91 Å². The summed E-state index contributed by atoms with van der Waals surface area (Å²) in [5, 5.41) is 11.8. The van der Waals surface area contributed by atoms with Crippen molar-refractivity contribution in [2.45, 2.75) is 26.8 Å². The van der Waals surface area contributed by atoms with Crippen molar-refractivity contribution in [1.82, 2.24) is 4.98 Å². The molecule has 1 N–H and O–H groups in total. The van der Waals surface area contributed by atoms with E-state index in [0.29, 0.717) is 52.2 Å². The fraction of sp³-hybridized carbons (Fsp3) is 0.219. The van der Waals surface area contributed by atoms with Crippen molar-refractivity contribution in [3.63, 3.8) is 0 Å². The van der Waals surface area contributed by atoms with Gasteiger partial charge in [-0.15, -0.1) is 0 Å². The lowest BCUT2D eigenvalue weighted by molar-refractivity contribution is -0.132. The van der Waals surface area contributed by atoms with Gasteiger partial charge in [0.25, 0.3) is 5.78 Å². The second-order valence-electron chi connectivity index (χ2n) is 9.33. The van der Waals surface area contributed by atoms with Crippen LogP contribution in [0.1, 0.15) is 36.6 Å². The first-order chi connectivity index (χ1) is 19.9. The first kappa shape index (κ1) is 27.9. The Hall–Kier alpha value is -4.63. The van der Waals surface area contributed by atoms with Crippen LogP contribution in [0.15, 0.2) is 78.9 Å². The van der Waals surface area contributed by atoms with E-state index in [1.807, 2.05) is 51.1 Å². The molecule has 9 heteroatoms. The number of ketones is 1. The topological polar surface area (TPSA) is 98.2 Å². The minimum Gasteiger partial charge on any atom is -0.507 e. The van der Waals surface area contributed by atoms with E-state index in [-0.39, 0.29) is 17.9 Å². The van der Waals surface area contributed by atoms with E-state index >= 15 is 0 Å². The summed E-state index contributed by atoms with van der Waals surface area (Å²) >= 11 is 1.27. The standard InChI is InChI=1S/C32H30N2O6S/c1-5-16-40-24-15-12-21(17-25(24)39-7-3)28-27(29(35)20-10-8-19(4)9-11-20)30(36)31(37)34(28)32-33-23-14-13-22(38-6-2)18-26(23)41-32/h5,8-15,17-18,28,35H,1,6-7,16H2,2-4H3/b29-27+. The molecule has 1 atom stereocenters. The molecular formula is C32H30N2O6S. The molecule has 1 aliphatic rings. The van der Waals surface area contributed by atoms with Gasteiger partial charge in [-0.05, 0) is 56.7 Å². The second-order valence-corrected chi connectivity index (χ2v) is 10.3. The van der Waals surface area contributed by atoms with Gasteiger partial charge < -0.3 is 19.3 Å². The fourth-order valence-electron chi connectivity index (χ4n) is 4.70. The van der Waals surface area contributed by atoms with Gasteiger partial charge in [-0.1, -0.05) is 59.9 Å². The predicted octanol–water partition coefficient (Wildman–Crippen LogP) is 6.59. The summed E-state index contributed by atoms with van der Waals surface area (Å²) < 4.78 is 18.0. The quantitative estimate of drug-likeness (QED) is 0.0994. The van der Waals surface area contributed by atoms with Crippen molar-refractivity contribution in [2.24, 2.45) is 0 Å². The maximum absolute atomic E-state index is 13.7. The van der Waals surface area contributed by atoms with Gasteiger partial charge in [0, 0.05) is 5.56 Å². The van der Waals surface area contributed by atoms with Crippen LogP contribution in [-0.2, 0) is 9.59 Å². The summed E-state index contributed by atoms with van der Waals surface area (Å²) in [5.74, 6) is -0.219. The SMILES string of the molecule is C=CCOc1ccc(C2/C(=C(\O)c3ccc(C)cc3)C(=O)C(=O)N2c2nc3ccc(OCC)cc3s2)cc1OCC. The number of fused-ring (bicyclic) bond motifs is 1. The summed E-state index contributed by atoms with van der Waals surface area (Å²) in [4.78, 5) is 33.3. The monoisotopic (exact) mass is 570 g/mol. The number of carbonyl (C=O) groups excluding carboxylic acids is 2. The Labute approximate surface area is 242 Å². The van der Waals surface area contributed by atoms with Crippen LogP contribution in [0.25, 0.3) is 16.0 Å². The van der Waals surface area contributed by atoms with Crippen LogP contribution in [0.3, 0.4) is 0 Å². The van der Waals surface area contributed by atoms with E-state index in [1.165, 1.54) is 16.2 Å². The summed E-state index contributed by atoms with van der Waals surface area (Å²) in [6, 6.07) is 16.9. The number of amides is 1. The number of thiazole rings is 1. The number of nitrogens with zero attached hydrogens (tertiary/aromatic N) is 2. The average molecular weight is 571 g/mol. The number of carbonyl (C=O) groups is 2. The Kier molecular flexibility index (Phi) is 8.07. The van der Waals surface area contributed by atoms with Gasteiger partial charge in [0.1, 0.15) is 18.1 Å². The minimum atomic E-state index is -0.962. The van der Waals surface area contributed by atoms with Crippen molar-refractivity contribution >= 4 is 44.1 Å². The van der Waals surface area contributed by atoms with Crippen molar-refractivity contribution in [3.05, 3.63) is 95.6 Å². The molecule has 3 aromatic carbocycles. The highest BCUT2D eigenvalue weighted by molar-refractivity contribution is 7.22. The van der Waals surface area contributed by atoms with Crippen molar-refractivity contribution in [3.8, 4) is 17.2 Å². The maximum Gasteiger partial charge on any atom is 0.301 e. The van der Waals surface area contributed by atoms with Crippen molar-refractivity contribution in [2.75, 3.05) is 24.7 Å². The normalized spacial score (nSPS) is 16.3. The molecule has 0 radical (unpaired) electrons. The fourth-order valence-corrected chi connectivity index (χ4v) is 5.72. The smallest absolute Gasteiger partial charge is 0.301 e. The molecule has 210 valence electrons. The third kappa shape index (κ3) is 5.40. The molecule has 0 spiro atoms. The molecule has 0 saturated carbocycles. The molecule has 1 fully saturated rings. The lowest BCUT2D eigenvalue weighted by Gasteiger charge is -2.24. The molecule has 0 aliphatic carbocycles. The van der Waals surface area contributed by atoms with Crippen LogP contribution in [0.5, 0.6) is 17.2 Å². The Morgan fingerprint density at radius 1 is 1.00 bits per heavy atom. The van der Waals surface area contributed by atoms with E-state index in [0.717, 1.165) is 10.3 Å². The largest absolute Gasteiger partial charge is 0.507 e. The van der Waals surface area contributed by atoms with Crippen LogP contribution < -0.4 is 19.1 Å². The molecule has 5 rings (SSSR count). The van der Waals surface area contributed by atoms with Gasteiger partial charge in [-0.2, -0.15) is 0 Å². The molecule has 8 nitrogen and oxygen atoms in total. The highest BCUT2D eigenvalue weighted by atomic mass is 32.1. The van der Waals surface area contributed by atoms with Gasteiger partial charge in [0.2, 0.25) is 0 Å². The maximum atomic E-state index is 13.7. The number of aromatic nitrogens is 1. The summed E-state index contributed by atoms with van der Waals surface area (Å²) in [5.41, 5.74) is 2.61. The number of rotatable bonds is 10. The van der Waals surface area contributed by atoms with E-state index in [4.69, 9.17) is 19.2 Å². The number of Topliss-reactive ketones (excluding diaryl/α,β-unsaturated/α-hetero) is 1. The number of benzene rings is 3. The molecule has 1 aliphatic heterocycles. The van der Waals surface area contributed by atoms with E-state index in [1.54, 1.807) is 36.4 Å². The van der Waals surface area contributed by atoms with Gasteiger partial charge in [0.15, 0.2) is 16.6 Å². The van der Waals surface area contributed by atoms with Crippen LogP contribution in [0.4, 0.5) is 5.13 Å². The van der Waals surface area contributed by atoms with Crippen molar-refractivity contribution in [1.29, 1.82) is 0 Å². The second kappa shape index (κ2) is 11.9. The van der Waals surface area contributed by atoms with Crippen LogP contribution >= 0.6 is 11.3 Å². The molecular weight excluding hydrogens is 540 g/mol. The molecule has 0 bridgehead atoms. The van der Waals surface area contributed by atoms with E-state index in [9.17, 15) is 14.7 Å². The van der Waals surface area contributed by atoms with Crippen molar-refractivity contribution < 1.29 is 28.9 Å². The van der Waals surface area contributed by atoms with Gasteiger partial charge in [0.05, 0.1) is 35.0 Å². The first-order valence-electron chi connectivity index (χ1n) is 13.3. The number of anilines is 1. The summed E-state index contributed by atoms with van der Waals surface area (Å²) in [6.45, 7) is 10.5. The van der Waals surface area contributed by atoms with E-state index in [2.05, 4.69) is 6.58 Å². The van der Waals surface area contributed by atoms with Crippen LogP contribution in [0, 0.1) is 6.92 Å². The highest BCUT2D eigenvalue weighted by Crippen LogP contribution is 2.46. The molecule has 1 unspecified atom stereocenters. The number of hydrogen-bond donors (Lipinski definition) is 1. The molecule has 41 heavy (non-hydrogen) atoms. The minimum absolute atomic E-state index is 0.0321. The van der Waals surface area contributed by atoms with Crippen LogP contribution in [0.2, 0.25) is 0 Å². The highest BCUT2D eigenvalue weighted by Gasteiger charge is 2.48. The lowest BCUT2D eigenvalue weighted by atomic mass is 9.95. The Morgan fingerprint density at radius 3 is 2.46 bits per heavy atom. The summed E-state index contributed by atoms with van der Waals surface area (Å²) in [6.07, 6.45) is 1.63. The Bertz CT molecular complexity index is 1660. The Morgan fingerprint density at radius 2 is 1.76 bits per heavy atom. The molecule has 4 aromatic rings. The summed E-state index contributed by atoms with van der Waals surface area (Å²) in [7, 11) is 0. The van der Waals surface area contributed by atoms with Gasteiger partial charge in [-0.3, -0.25) is 14.5 Å². The molecule has 1 saturated heterocycles. The third-order valence-corrected chi connectivity index (χ3v) is 7.59. The molecule has 1 amide bonds. The number of aliphatic hydroxyl groups excluding tert-OH is 1. The lowest BCUT2D eigenvalue weighted by Crippen LogP contribution is -2.29. The zero-order valence-electron chi connectivity index (χ0n) is 23.0. The van der Waals surface area contributed by atoms with Crippen LogP contribution in [-0.4, -0.2) is 41.6 Å². The third-order valence-electron chi connectivity index (χ3n) is 6.58. The average Bonchev–Trinajstić information content (AvgIpc) is 3.50. The van der Waals surface area contributed by atoms with Gasteiger partial charge in [-0.25, -0.2) is 4.98 Å². The number of hydrogen-bond acceptors (Lipinski definition) is 8. The zero-order chi connectivity index (χ0) is 29.1. The number of ether oxygens (including phenoxy) is 3. The molecule has 2 heterocycles. The number of aryl methyl sites for hydroxylation is 1. The van der Waals surface area contributed by atoms with E-state index < -0.39 is 17.7 Å². The first-order valence-corrected chi connectivity index (χ1v) is 14.1.